The number of rotatable bonds is 2. The van der Waals surface area contributed by atoms with Crippen LogP contribution < -0.4 is 16.2 Å². The van der Waals surface area contributed by atoms with Crippen molar-refractivity contribution < 1.29 is 0 Å². The van der Waals surface area contributed by atoms with Gasteiger partial charge < -0.3 is 10.6 Å². The van der Waals surface area contributed by atoms with Crippen LogP contribution in [0.3, 0.4) is 0 Å². The zero-order valence-corrected chi connectivity index (χ0v) is 11.5. The highest BCUT2D eigenvalue weighted by atomic mass is 79.9. The third-order valence-electron chi connectivity index (χ3n) is 3.15. The van der Waals surface area contributed by atoms with Gasteiger partial charge in [0.25, 0.3) is 5.56 Å². The number of nitrogens with two attached hydrogens (primary N) is 1. The lowest BCUT2D eigenvalue weighted by Gasteiger charge is -2.32. The molecule has 0 saturated carbocycles. The number of hydrogen-bond donors (Lipinski definition) is 1. The molecule has 0 aromatic carbocycles. The monoisotopic (exact) mass is 300 g/mol. The first-order valence-electron chi connectivity index (χ1n) is 5.89. The van der Waals surface area contributed by atoms with E-state index in [0.717, 1.165) is 31.6 Å². The second-order valence-electron chi connectivity index (χ2n) is 4.29. The van der Waals surface area contributed by atoms with Gasteiger partial charge >= 0.3 is 0 Å². The van der Waals surface area contributed by atoms with Crippen molar-refractivity contribution >= 4 is 21.6 Å². The molecular formula is C11H17BrN4O. The molecule has 0 amide bonds. The molecule has 17 heavy (non-hydrogen) atoms. The van der Waals surface area contributed by atoms with E-state index >= 15 is 0 Å². The highest BCUT2D eigenvalue weighted by molar-refractivity contribution is 9.10. The van der Waals surface area contributed by atoms with E-state index in [1.54, 1.807) is 6.20 Å². The topological polar surface area (TPSA) is 64.2 Å². The lowest BCUT2D eigenvalue weighted by atomic mass is 10.1. The number of aromatic nitrogens is 2. The highest BCUT2D eigenvalue weighted by Gasteiger charge is 2.20. The van der Waals surface area contributed by atoms with Gasteiger partial charge in [0.05, 0.1) is 11.9 Å². The van der Waals surface area contributed by atoms with Crippen LogP contribution in [0.15, 0.2) is 15.5 Å². The Balaban J connectivity index is 2.28. The van der Waals surface area contributed by atoms with Crippen LogP contribution in [0, 0.1) is 0 Å². The van der Waals surface area contributed by atoms with Crippen LogP contribution in [0.25, 0.3) is 0 Å². The first-order valence-corrected chi connectivity index (χ1v) is 6.69. The maximum absolute atomic E-state index is 11.9. The fraction of sp³-hybridized carbons (Fsp3) is 0.636. The first-order chi connectivity index (χ1) is 8.13. The van der Waals surface area contributed by atoms with Gasteiger partial charge in [0.2, 0.25) is 0 Å². The fourth-order valence-electron chi connectivity index (χ4n) is 2.04. The Bertz CT molecular complexity index is 451. The molecule has 0 atom stereocenters. The summed E-state index contributed by atoms with van der Waals surface area (Å²) in [6.07, 6.45) is 3.68. The van der Waals surface area contributed by atoms with E-state index in [-0.39, 0.29) is 11.6 Å². The second kappa shape index (κ2) is 5.18. The fourth-order valence-corrected chi connectivity index (χ4v) is 2.60. The summed E-state index contributed by atoms with van der Waals surface area (Å²) in [7, 11) is 0. The molecule has 2 heterocycles. The predicted molar refractivity (Wildman–Crippen MR) is 71.3 cm³/mol. The molecule has 2 rings (SSSR count). The molecule has 2 N–H and O–H groups in total. The minimum atomic E-state index is -0.0696. The van der Waals surface area contributed by atoms with E-state index in [0.29, 0.717) is 11.0 Å². The largest absolute Gasteiger partial charge is 0.369 e. The van der Waals surface area contributed by atoms with Gasteiger partial charge in [-0.25, -0.2) is 4.68 Å². The number of hydrogen-bond acceptors (Lipinski definition) is 4. The van der Waals surface area contributed by atoms with E-state index in [1.807, 2.05) is 6.92 Å². The summed E-state index contributed by atoms with van der Waals surface area (Å²) in [6.45, 7) is 4.26. The van der Waals surface area contributed by atoms with E-state index in [4.69, 9.17) is 5.73 Å². The number of piperidine rings is 1. The quantitative estimate of drug-likeness (QED) is 0.883. The van der Waals surface area contributed by atoms with Crippen LogP contribution >= 0.6 is 15.9 Å². The minimum Gasteiger partial charge on any atom is -0.369 e. The van der Waals surface area contributed by atoms with Crippen LogP contribution in [0.1, 0.15) is 19.8 Å². The van der Waals surface area contributed by atoms with Gasteiger partial charge in [0, 0.05) is 25.7 Å². The van der Waals surface area contributed by atoms with Crippen molar-refractivity contribution in [2.45, 2.75) is 32.4 Å². The van der Waals surface area contributed by atoms with Crippen molar-refractivity contribution in [1.82, 2.24) is 9.78 Å². The average Bonchev–Trinajstić information content (AvgIpc) is 2.34. The summed E-state index contributed by atoms with van der Waals surface area (Å²) in [4.78, 5) is 14.1. The summed E-state index contributed by atoms with van der Waals surface area (Å²) < 4.78 is 2.05. The number of halogens is 1. The van der Waals surface area contributed by atoms with Crippen molar-refractivity contribution in [2.24, 2.45) is 5.73 Å². The van der Waals surface area contributed by atoms with Gasteiger partial charge in [0.1, 0.15) is 4.47 Å². The normalized spacial score (nSPS) is 17.5. The molecule has 1 aliphatic heterocycles. The van der Waals surface area contributed by atoms with Crippen molar-refractivity contribution in [2.75, 3.05) is 18.0 Å². The molecular weight excluding hydrogens is 284 g/mol. The Morgan fingerprint density at radius 1 is 1.53 bits per heavy atom. The van der Waals surface area contributed by atoms with E-state index < -0.39 is 0 Å². The number of anilines is 1. The molecule has 1 saturated heterocycles. The first kappa shape index (κ1) is 12.6. The molecule has 0 aliphatic carbocycles. The summed E-state index contributed by atoms with van der Waals surface area (Å²) in [5.41, 5.74) is 6.68. The Kier molecular flexibility index (Phi) is 3.83. The van der Waals surface area contributed by atoms with Crippen LogP contribution in [0.4, 0.5) is 5.69 Å². The van der Waals surface area contributed by atoms with Gasteiger partial charge in [-0.2, -0.15) is 5.10 Å². The Morgan fingerprint density at radius 3 is 2.76 bits per heavy atom. The summed E-state index contributed by atoms with van der Waals surface area (Å²) >= 11 is 3.38. The molecule has 6 heteroatoms. The van der Waals surface area contributed by atoms with Gasteiger partial charge in [-0.05, 0) is 35.7 Å². The lowest BCUT2D eigenvalue weighted by Crippen LogP contribution is -2.40. The molecule has 0 spiro atoms. The minimum absolute atomic E-state index is 0.0696. The van der Waals surface area contributed by atoms with Crippen LogP contribution in [-0.2, 0) is 6.54 Å². The summed E-state index contributed by atoms with van der Waals surface area (Å²) in [5, 5.41) is 4.15. The molecule has 94 valence electrons. The molecule has 5 nitrogen and oxygen atoms in total. The summed E-state index contributed by atoms with van der Waals surface area (Å²) in [5.74, 6) is 0. The lowest BCUT2D eigenvalue weighted by molar-refractivity contribution is 0.498. The SMILES string of the molecule is CCn1ncc(N2CCC(N)CC2)c(Br)c1=O. The number of aryl methyl sites for hydroxylation is 1. The molecule has 0 radical (unpaired) electrons. The van der Waals surface area contributed by atoms with Crippen molar-refractivity contribution in [3.05, 3.63) is 21.0 Å². The smallest absolute Gasteiger partial charge is 0.283 e. The van der Waals surface area contributed by atoms with Crippen molar-refractivity contribution in [3.8, 4) is 0 Å². The molecule has 0 bridgehead atoms. The van der Waals surface area contributed by atoms with Crippen molar-refractivity contribution in [1.29, 1.82) is 0 Å². The third-order valence-corrected chi connectivity index (χ3v) is 3.89. The molecule has 1 fully saturated rings. The zero-order chi connectivity index (χ0) is 12.4. The molecule has 0 unspecified atom stereocenters. The zero-order valence-electron chi connectivity index (χ0n) is 9.90. The highest BCUT2D eigenvalue weighted by Crippen LogP contribution is 2.24. The second-order valence-corrected chi connectivity index (χ2v) is 5.08. The molecule has 1 aliphatic rings. The van der Waals surface area contributed by atoms with Crippen molar-refractivity contribution in [3.63, 3.8) is 0 Å². The Labute approximate surface area is 109 Å². The Hall–Kier alpha value is -0.880. The van der Waals surface area contributed by atoms with E-state index in [1.165, 1.54) is 4.68 Å². The van der Waals surface area contributed by atoms with Gasteiger partial charge in [0.15, 0.2) is 0 Å². The standard InChI is InChI=1S/C11H17BrN4O/c1-2-16-11(17)10(12)9(7-14-16)15-5-3-8(13)4-6-15/h7-8H,2-6,13H2,1H3. The molecule has 1 aromatic rings. The Morgan fingerprint density at radius 2 is 2.18 bits per heavy atom. The summed E-state index contributed by atoms with van der Waals surface area (Å²) in [6, 6.07) is 0.286. The third kappa shape index (κ3) is 2.52. The molecule has 1 aromatic heterocycles. The average molecular weight is 301 g/mol. The number of nitrogens with zero attached hydrogens (tertiary/aromatic N) is 3. The van der Waals surface area contributed by atoms with E-state index in [9.17, 15) is 4.79 Å². The van der Waals surface area contributed by atoms with Gasteiger partial charge in [-0.1, -0.05) is 0 Å². The van der Waals surface area contributed by atoms with Crippen LogP contribution in [0.2, 0.25) is 0 Å². The predicted octanol–water partition coefficient (Wildman–Crippen LogP) is 0.953. The maximum atomic E-state index is 11.9. The van der Waals surface area contributed by atoms with E-state index in [2.05, 4.69) is 25.9 Å². The maximum Gasteiger partial charge on any atom is 0.283 e. The van der Waals surface area contributed by atoms with Crippen LogP contribution in [0.5, 0.6) is 0 Å². The van der Waals surface area contributed by atoms with Gasteiger partial charge in [-0.3, -0.25) is 4.79 Å². The van der Waals surface area contributed by atoms with Crippen LogP contribution in [-0.4, -0.2) is 28.9 Å². The van der Waals surface area contributed by atoms with Gasteiger partial charge in [-0.15, -0.1) is 0 Å².